The number of piperidine rings is 1. The number of hydrogen-bond acceptors (Lipinski definition) is 4. The van der Waals surface area contributed by atoms with Crippen molar-refractivity contribution < 1.29 is 14.4 Å². The van der Waals surface area contributed by atoms with E-state index in [2.05, 4.69) is 21.4 Å². The molecule has 6 nitrogen and oxygen atoms in total. The summed E-state index contributed by atoms with van der Waals surface area (Å²) in [6.45, 7) is 3.17. The van der Waals surface area contributed by atoms with Gasteiger partial charge < -0.3 is 19.8 Å². The summed E-state index contributed by atoms with van der Waals surface area (Å²) in [7, 11) is 0. The third kappa shape index (κ3) is 3.16. The molecule has 1 amide bonds. The van der Waals surface area contributed by atoms with Crippen LogP contribution >= 0.6 is 0 Å². The molecular formula is C15H19N3O3. The van der Waals surface area contributed by atoms with Gasteiger partial charge in [0.15, 0.2) is 5.58 Å². The van der Waals surface area contributed by atoms with E-state index in [0.717, 1.165) is 49.1 Å². The zero-order chi connectivity index (χ0) is 14.7. The lowest BCUT2D eigenvalue weighted by Gasteiger charge is -2.30. The number of rotatable bonds is 4. The second-order valence-corrected chi connectivity index (χ2v) is 5.41. The van der Waals surface area contributed by atoms with E-state index in [0.29, 0.717) is 12.5 Å². The fraction of sp³-hybridized carbons (Fsp3) is 0.467. The number of hydrogen-bond donors (Lipinski definition) is 2. The van der Waals surface area contributed by atoms with E-state index < -0.39 is 6.09 Å². The Kier molecular flexibility index (Phi) is 4.06. The maximum atomic E-state index is 10.4. The summed E-state index contributed by atoms with van der Waals surface area (Å²) >= 11 is 0. The fourth-order valence-corrected chi connectivity index (χ4v) is 2.95. The smallest absolute Gasteiger partial charge is 0.404 e. The highest BCUT2D eigenvalue weighted by atomic mass is 16.5. The van der Waals surface area contributed by atoms with Crippen molar-refractivity contribution in [2.75, 3.05) is 26.2 Å². The molecule has 0 aliphatic carbocycles. The van der Waals surface area contributed by atoms with Gasteiger partial charge in [-0.3, -0.25) is 0 Å². The summed E-state index contributed by atoms with van der Waals surface area (Å²) in [4.78, 5) is 12.7. The van der Waals surface area contributed by atoms with Crippen LogP contribution in [0, 0.1) is 0 Å². The first-order valence-corrected chi connectivity index (χ1v) is 7.27. The highest BCUT2D eigenvalue weighted by Crippen LogP contribution is 2.32. The SMILES string of the molecule is O=C(O)NCCN1CCC(c2noc3ccccc23)CC1. The average Bonchev–Trinajstić information content (AvgIpc) is 2.92. The van der Waals surface area contributed by atoms with E-state index in [1.807, 2.05) is 18.2 Å². The minimum Gasteiger partial charge on any atom is -0.465 e. The van der Waals surface area contributed by atoms with E-state index in [1.165, 1.54) is 0 Å². The summed E-state index contributed by atoms with van der Waals surface area (Å²) in [5.41, 5.74) is 1.91. The monoisotopic (exact) mass is 289 g/mol. The largest absolute Gasteiger partial charge is 0.465 e. The van der Waals surface area contributed by atoms with Crippen molar-refractivity contribution in [3.05, 3.63) is 30.0 Å². The van der Waals surface area contributed by atoms with Gasteiger partial charge in [0.1, 0.15) is 0 Å². The molecule has 2 heterocycles. The average molecular weight is 289 g/mol. The second-order valence-electron chi connectivity index (χ2n) is 5.41. The van der Waals surface area contributed by atoms with Gasteiger partial charge in [-0.2, -0.15) is 0 Å². The predicted octanol–water partition coefficient (Wildman–Crippen LogP) is 2.27. The zero-order valence-corrected chi connectivity index (χ0v) is 11.8. The Hall–Kier alpha value is -2.08. The third-order valence-electron chi connectivity index (χ3n) is 4.08. The Morgan fingerprint density at radius 2 is 2.14 bits per heavy atom. The Morgan fingerprint density at radius 1 is 1.38 bits per heavy atom. The van der Waals surface area contributed by atoms with Crippen molar-refractivity contribution in [1.82, 2.24) is 15.4 Å². The first kappa shape index (κ1) is 13.9. The molecule has 0 atom stereocenters. The zero-order valence-electron chi connectivity index (χ0n) is 11.8. The number of para-hydroxylation sites is 1. The summed E-state index contributed by atoms with van der Waals surface area (Å²) in [6, 6.07) is 7.97. The predicted molar refractivity (Wildman–Crippen MR) is 78.5 cm³/mol. The molecule has 0 unspecified atom stereocenters. The highest BCUT2D eigenvalue weighted by Gasteiger charge is 2.24. The first-order chi connectivity index (χ1) is 10.2. The van der Waals surface area contributed by atoms with Gasteiger partial charge in [0.05, 0.1) is 5.69 Å². The van der Waals surface area contributed by atoms with Crippen LogP contribution in [0.1, 0.15) is 24.5 Å². The van der Waals surface area contributed by atoms with Crippen LogP contribution in [0.15, 0.2) is 28.8 Å². The van der Waals surface area contributed by atoms with Gasteiger partial charge >= 0.3 is 6.09 Å². The van der Waals surface area contributed by atoms with Crippen molar-refractivity contribution in [2.24, 2.45) is 0 Å². The van der Waals surface area contributed by atoms with Crippen LogP contribution < -0.4 is 5.32 Å². The quantitative estimate of drug-likeness (QED) is 0.902. The Balaban J connectivity index is 1.57. The molecule has 3 rings (SSSR count). The molecule has 112 valence electrons. The van der Waals surface area contributed by atoms with Gasteiger partial charge in [-0.15, -0.1) is 0 Å². The van der Waals surface area contributed by atoms with E-state index in [-0.39, 0.29) is 0 Å². The van der Waals surface area contributed by atoms with Crippen LogP contribution in [-0.2, 0) is 0 Å². The van der Waals surface area contributed by atoms with Gasteiger partial charge in [0, 0.05) is 24.4 Å². The number of nitrogens with zero attached hydrogens (tertiary/aromatic N) is 2. The summed E-state index contributed by atoms with van der Waals surface area (Å²) in [6.07, 6.45) is 1.10. The number of carboxylic acid groups (broad SMARTS) is 1. The summed E-state index contributed by atoms with van der Waals surface area (Å²) in [5.74, 6) is 0.428. The minimum absolute atomic E-state index is 0.428. The van der Waals surface area contributed by atoms with Crippen molar-refractivity contribution in [2.45, 2.75) is 18.8 Å². The highest BCUT2D eigenvalue weighted by molar-refractivity contribution is 5.79. The Labute approximate surface area is 122 Å². The lowest BCUT2D eigenvalue weighted by Crippen LogP contribution is -2.38. The molecule has 2 N–H and O–H groups in total. The maximum absolute atomic E-state index is 10.4. The standard InChI is InChI=1S/C15H19N3O3/c19-15(20)16-7-10-18-8-5-11(6-9-18)14-12-3-1-2-4-13(12)21-17-14/h1-4,11,16H,5-10H2,(H,19,20). The Bertz CT molecular complexity index is 617. The van der Waals surface area contributed by atoms with Crippen LogP contribution in [0.4, 0.5) is 4.79 Å². The number of nitrogens with one attached hydrogen (secondary N) is 1. The maximum Gasteiger partial charge on any atom is 0.404 e. The molecule has 1 aromatic heterocycles. The van der Waals surface area contributed by atoms with Crippen LogP contribution in [-0.4, -0.2) is 47.4 Å². The molecule has 1 aliphatic rings. The van der Waals surface area contributed by atoms with Gasteiger partial charge in [-0.05, 0) is 38.1 Å². The van der Waals surface area contributed by atoms with Crippen LogP contribution in [0.3, 0.4) is 0 Å². The van der Waals surface area contributed by atoms with E-state index >= 15 is 0 Å². The summed E-state index contributed by atoms with van der Waals surface area (Å²) in [5, 5.41) is 16.3. The van der Waals surface area contributed by atoms with E-state index in [9.17, 15) is 4.79 Å². The molecule has 0 saturated carbocycles. The second kappa shape index (κ2) is 6.13. The van der Waals surface area contributed by atoms with Gasteiger partial charge in [-0.25, -0.2) is 4.79 Å². The molecule has 1 aromatic carbocycles. The Morgan fingerprint density at radius 3 is 2.90 bits per heavy atom. The number of carbonyl (C=O) groups is 1. The number of fused-ring (bicyclic) bond motifs is 1. The van der Waals surface area contributed by atoms with Crippen molar-refractivity contribution in [3.63, 3.8) is 0 Å². The number of aromatic nitrogens is 1. The topological polar surface area (TPSA) is 78.6 Å². The molecule has 21 heavy (non-hydrogen) atoms. The van der Waals surface area contributed by atoms with Gasteiger partial charge in [0.25, 0.3) is 0 Å². The molecule has 0 bridgehead atoms. The molecule has 1 saturated heterocycles. The number of benzene rings is 1. The number of likely N-dealkylation sites (tertiary alicyclic amines) is 1. The normalized spacial score (nSPS) is 17.1. The van der Waals surface area contributed by atoms with Gasteiger partial charge in [-0.1, -0.05) is 17.3 Å². The van der Waals surface area contributed by atoms with Crippen molar-refractivity contribution in [3.8, 4) is 0 Å². The molecular weight excluding hydrogens is 270 g/mol. The van der Waals surface area contributed by atoms with Crippen LogP contribution in [0.25, 0.3) is 11.0 Å². The first-order valence-electron chi connectivity index (χ1n) is 7.27. The number of amides is 1. The van der Waals surface area contributed by atoms with Crippen LogP contribution in [0.5, 0.6) is 0 Å². The lowest BCUT2D eigenvalue weighted by molar-refractivity contribution is 0.184. The minimum atomic E-state index is -0.959. The molecule has 0 radical (unpaired) electrons. The summed E-state index contributed by atoms with van der Waals surface area (Å²) < 4.78 is 5.38. The molecule has 0 spiro atoms. The molecule has 1 aliphatic heterocycles. The lowest BCUT2D eigenvalue weighted by atomic mass is 9.91. The van der Waals surface area contributed by atoms with E-state index in [4.69, 9.17) is 9.63 Å². The van der Waals surface area contributed by atoms with Crippen LogP contribution in [0.2, 0.25) is 0 Å². The van der Waals surface area contributed by atoms with Crippen molar-refractivity contribution in [1.29, 1.82) is 0 Å². The molecule has 1 fully saturated rings. The molecule has 6 heteroatoms. The van der Waals surface area contributed by atoms with Gasteiger partial charge in [0.2, 0.25) is 0 Å². The fourth-order valence-electron chi connectivity index (χ4n) is 2.95. The third-order valence-corrected chi connectivity index (χ3v) is 4.08. The molecule has 2 aromatic rings. The van der Waals surface area contributed by atoms with Crippen molar-refractivity contribution >= 4 is 17.1 Å². The van der Waals surface area contributed by atoms with E-state index in [1.54, 1.807) is 0 Å².